The van der Waals surface area contributed by atoms with E-state index in [2.05, 4.69) is 48.4 Å². The van der Waals surface area contributed by atoms with Gasteiger partial charge in [-0.25, -0.2) is 0 Å². The quantitative estimate of drug-likeness (QED) is 0.853. The van der Waals surface area contributed by atoms with Crippen molar-refractivity contribution < 1.29 is 4.74 Å². The first kappa shape index (κ1) is 13.4. The summed E-state index contributed by atoms with van der Waals surface area (Å²) in [7, 11) is 0. The fraction of sp³-hybridized carbons (Fsp3) is 0.312. The SMILES string of the molecule is CCCOc1cc(C)ccc1NCc1cccnc1. The molecule has 1 heterocycles. The van der Waals surface area contributed by atoms with Gasteiger partial charge in [0.1, 0.15) is 5.75 Å². The molecule has 0 saturated carbocycles. The number of benzene rings is 1. The summed E-state index contributed by atoms with van der Waals surface area (Å²) in [6.45, 7) is 5.67. The Morgan fingerprint density at radius 1 is 1.26 bits per heavy atom. The molecule has 3 nitrogen and oxygen atoms in total. The zero-order valence-corrected chi connectivity index (χ0v) is 11.5. The molecule has 0 aliphatic carbocycles. The van der Waals surface area contributed by atoms with Crippen molar-refractivity contribution in [2.45, 2.75) is 26.8 Å². The molecule has 0 aliphatic rings. The standard InChI is InChI=1S/C16H20N2O/c1-3-9-19-16-10-13(2)6-7-15(16)18-12-14-5-4-8-17-11-14/h4-8,10-11,18H,3,9,12H2,1-2H3. The van der Waals surface area contributed by atoms with E-state index in [1.807, 2.05) is 12.3 Å². The zero-order valence-electron chi connectivity index (χ0n) is 11.5. The Hall–Kier alpha value is -2.03. The molecule has 0 atom stereocenters. The Labute approximate surface area is 114 Å². The number of aryl methyl sites for hydroxylation is 1. The maximum Gasteiger partial charge on any atom is 0.142 e. The molecule has 0 bridgehead atoms. The van der Waals surface area contributed by atoms with E-state index >= 15 is 0 Å². The van der Waals surface area contributed by atoms with Crippen LogP contribution in [0.4, 0.5) is 5.69 Å². The van der Waals surface area contributed by atoms with Gasteiger partial charge < -0.3 is 10.1 Å². The van der Waals surface area contributed by atoms with Crippen molar-refractivity contribution in [3.63, 3.8) is 0 Å². The lowest BCUT2D eigenvalue weighted by molar-refractivity contribution is 0.318. The molecule has 3 heteroatoms. The number of pyridine rings is 1. The summed E-state index contributed by atoms with van der Waals surface area (Å²) in [5.74, 6) is 0.922. The molecule has 19 heavy (non-hydrogen) atoms. The Kier molecular flexibility index (Phi) is 4.78. The zero-order chi connectivity index (χ0) is 13.5. The van der Waals surface area contributed by atoms with Crippen molar-refractivity contribution in [2.75, 3.05) is 11.9 Å². The number of anilines is 1. The van der Waals surface area contributed by atoms with Gasteiger partial charge in [-0.05, 0) is 42.7 Å². The van der Waals surface area contributed by atoms with E-state index in [0.717, 1.165) is 36.6 Å². The van der Waals surface area contributed by atoms with Crippen LogP contribution in [0.25, 0.3) is 0 Å². The minimum absolute atomic E-state index is 0.741. The minimum atomic E-state index is 0.741. The van der Waals surface area contributed by atoms with Crippen LogP contribution in [0.5, 0.6) is 5.75 Å². The summed E-state index contributed by atoms with van der Waals surface area (Å²) >= 11 is 0. The number of aromatic nitrogens is 1. The highest BCUT2D eigenvalue weighted by Crippen LogP contribution is 2.26. The van der Waals surface area contributed by atoms with Gasteiger partial charge in [0.05, 0.1) is 12.3 Å². The molecule has 0 amide bonds. The fourth-order valence-corrected chi connectivity index (χ4v) is 1.81. The molecule has 0 unspecified atom stereocenters. The number of hydrogen-bond acceptors (Lipinski definition) is 3. The van der Waals surface area contributed by atoms with Gasteiger partial charge in [0, 0.05) is 18.9 Å². The lowest BCUT2D eigenvalue weighted by atomic mass is 10.2. The normalized spacial score (nSPS) is 10.2. The second-order valence-corrected chi connectivity index (χ2v) is 4.56. The van der Waals surface area contributed by atoms with E-state index in [1.54, 1.807) is 6.20 Å². The van der Waals surface area contributed by atoms with Gasteiger partial charge in [-0.15, -0.1) is 0 Å². The second-order valence-electron chi connectivity index (χ2n) is 4.56. The van der Waals surface area contributed by atoms with Gasteiger partial charge >= 0.3 is 0 Å². The van der Waals surface area contributed by atoms with E-state index in [9.17, 15) is 0 Å². The summed E-state index contributed by atoms with van der Waals surface area (Å²) in [4.78, 5) is 4.11. The smallest absolute Gasteiger partial charge is 0.142 e. The van der Waals surface area contributed by atoms with Gasteiger partial charge in [-0.1, -0.05) is 19.1 Å². The highest BCUT2D eigenvalue weighted by molar-refractivity contribution is 5.57. The third-order valence-electron chi connectivity index (χ3n) is 2.80. The van der Waals surface area contributed by atoms with Crippen molar-refractivity contribution in [3.8, 4) is 5.75 Å². The Morgan fingerprint density at radius 3 is 2.89 bits per heavy atom. The van der Waals surface area contributed by atoms with Gasteiger partial charge in [0.25, 0.3) is 0 Å². The van der Waals surface area contributed by atoms with Crippen LogP contribution in [0, 0.1) is 6.92 Å². The minimum Gasteiger partial charge on any atom is -0.491 e. The van der Waals surface area contributed by atoms with Gasteiger partial charge in [-0.2, -0.15) is 0 Å². The van der Waals surface area contributed by atoms with Crippen LogP contribution in [0.3, 0.4) is 0 Å². The van der Waals surface area contributed by atoms with Crippen molar-refractivity contribution >= 4 is 5.69 Å². The molecule has 0 radical (unpaired) electrons. The average Bonchev–Trinajstić information content (AvgIpc) is 2.45. The van der Waals surface area contributed by atoms with Crippen molar-refractivity contribution in [1.82, 2.24) is 4.98 Å². The Balaban J connectivity index is 2.06. The Bertz CT molecular complexity index is 511. The third-order valence-corrected chi connectivity index (χ3v) is 2.80. The number of rotatable bonds is 6. The van der Waals surface area contributed by atoms with Crippen molar-refractivity contribution in [1.29, 1.82) is 0 Å². The van der Waals surface area contributed by atoms with Crippen LogP contribution in [-0.4, -0.2) is 11.6 Å². The highest BCUT2D eigenvalue weighted by atomic mass is 16.5. The number of hydrogen-bond donors (Lipinski definition) is 1. The molecule has 100 valence electrons. The lowest BCUT2D eigenvalue weighted by Gasteiger charge is -2.13. The van der Waals surface area contributed by atoms with E-state index in [-0.39, 0.29) is 0 Å². The number of nitrogens with one attached hydrogen (secondary N) is 1. The monoisotopic (exact) mass is 256 g/mol. The van der Waals surface area contributed by atoms with Crippen LogP contribution in [0.1, 0.15) is 24.5 Å². The van der Waals surface area contributed by atoms with Crippen LogP contribution < -0.4 is 10.1 Å². The predicted octanol–water partition coefficient (Wildman–Crippen LogP) is 3.79. The molecule has 0 fully saturated rings. The van der Waals surface area contributed by atoms with Crippen LogP contribution in [0.15, 0.2) is 42.7 Å². The van der Waals surface area contributed by atoms with Crippen molar-refractivity contribution in [3.05, 3.63) is 53.9 Å². The van der Waals surface area contributed by atoms with E-state index < -0.39 is 0 Å². The van der Waals surface area contributed by atoms with Gasteiger partial charge in [-0.3, -0.25) is 4.98 Å². The molecule has 0 aliphatic heterocycles. The summed E-state index contributed by atoms with van der Waals surface area (Å²) in [6.07, 6.45) is 4.66. The molecular weight excluding hydrogens is 236 g/mol. The first-order chi connectivity index (χ1) is 9.29. The summed E-state index contributed by atoms with van der Waals surface area (Å²) < 4.78 is 5.78. The molecule has 0 spiro atoms. The molecule has 2 rings (SSSR count). The van der Waals surface area contributed by atoms with Crippen LogP contribution in [0.2, 0.25) is 0 Å². The van der Waals surface area contributed by atoms with Crippen molar-refractivity contribution in [2.24, 2.45) is 0 Å². The fourth-order valence-electron chi connectivity index (χ4n) is 1.81. The summed E-state index contributed by atoms with van der Waals surface area (Å²) in [6, 6.07) is 10.2. The largest absolute Gasteiger partial charge is 0.491 e. The maximum atomic E-state index is 5.78. The highest BCUT2D eigenvalue weighted by Gasteiger charge is 2.04. The van der Waals surface area contributed by atoms with E-state index in [0.29, 0.717) is 0 Å². The second kappa shape index (κ2) is 6.78. The maximum absolute atomic E-state index is 5.78. The molecule has 1 aromatic heterocycles. The molecule has 2 aromatic rings. The topological polar surface area (TPSA) is 34.1 Å². The lowest BCUT2D eigenvalue weighted by Crippen LogP contribution is -2.04. The first-order valence-corrected chi connectivity index (χ1v) is 6.66. The molecule has 1 N–H and O–H groups in total. The van der Waals surface area contributed by atoms with E-state index in [1.165, 1.54) is 5.56 Å². The first-order valence-electron chi connectivity index (χ1n) is 6.66. The summed E-state index contributed by atoms with van der Waals surface area (Å²) in [5, 5.41) is 3.40. The van der Waals surface area contributed by atoms with Gasteiger partial charge in [0.15, 0.2) is 0 Å². The number of nitrogens with zero attached hydrogens (tertiary/aromatic N) is 1. The predicted molar refractivity (Wildman–Crippen MR) is 78.5 cm³/mol. The molecular formula is C16H20N2O. The van der Waals surface area contributed by atoms with Gasteiger partial charge in [0.2, 0.25) is 0 Å². The Morgan fingerprint density at radius 2 is 2.16 bits per heavy atom. The van der Waals surface area contributed by atoms with E-state index in [4.69, 9.17) is 4.74 Å². The third kappa shape index (κ3) is 3.98. The number of ether oxygens (including phenoxy) is 1. The molecule has 1 aromatic carbocycles. The average molecular weight is 256 g/mol. The van der Waals surface area contributed by atoms with Crippen LogP contribution in [-0.2, 0) is 6.54 Å². The molecule has 0 saturated heterocycles. The summed E-state index contributed by atoms with van der Waals surface area (Å²) in [5.41, 5.74) is 3.39. The van der Waals surface area contributed by atoms with Crippen LogP contribution >= 0.6 is 0 Å².